The first-order valence-corrected chi connectivity index (χ1v) is 48.5. The van der Waals surface area contributed by atoms with Crippen molar-refractivity contribution in [2.75, 3.05) is 21.3 Å². The molecule has 0 amide bonds. The highest BCUT2D eigenvalue weighted by Gasteiger charge is 2.41. The average molecular weight is 1740 g/mol. The van der Waals surface area contributed by atoms with Gasteiger partial charge in [-0.3, -0.25) is 0 Å². The molecule has 123 heavy (non-hydrogen) atoms. The minimum atomic E-state index is -4.32. The molecule has 0 spiro atoms. The fourth-order valence-corrected chi connectivity index (χ4v) is 28.9. The summed E-state index contributed by atoms with van der Waals surface area (Å²) in [7, 11) is -11.1. The van der Waals surface area contributed by atoms with E-state index in [2.05, 4.69) is 174 Å². The third kappa shape index (κ3) is 20.2. The Morgan fingerprint density at radius 3 is 0.569 bits per heavy atom. The van der Waals surface area contributed by atoms with Gasteiger partial charge in [0.1, 0.15) is 17.2 Å². The Balaban J connectivity index is 0.000000150. The topological polar surface area (TPSA) is 113 Å². The molecule has 18 heteroatoms. The first-order valence-electron chi connectivity index (χ1n) is 40.0. The second kappa shape index (κ2) is 40.2. The molecule has 0 aliphatic rings. The SMILES string of the molecule is COc1ccc(P(=O)(c2ccccc2)c2ccc(OC)cc2)cc1.COc1ccc(P(=O)(c2ccccc2)c2ccccc2)cc1.Cc1cc(C)cc(P(=O)(c2cc(C)cc(C)c2)c2cc(C)cc(C)c2)c1.Cc1ccc(P(=O)(c2ccc(C)c(C)c2)c2ccc(C)c(C)c2)cc1C.O=P(c1ccccc1)(c1ccccc1)c1c(F)c(F)c(F)c(F)c1F. The maximum absolute atomic E-state index is 14.7. The van der Waals surface area contributed by atoms with E-state index < -0.39 is 70.1 Å². The van der Waals surface area contributed by atoms with Crippen LogP contribution in [0.15, 0.2) is 334 Å². The summed E-state index contributed by atoms with van der Waals surface area (Å²) in [5.41, 5.74) is 14.1. The second-order valence-electron chi connectivity index (χ2n) is 30.6. The Labute approximate surface area is 720 Å². The minimum Gasteiger partial charge on any atom is -0.497 e. The molecular formula is C105H100F5O8P5. The van der Waals surface area contributed by atoms with Crippen LogP contribution in [0.1, 0.15) is 66.8 Å². The molecule has 0 saturated heterocycles. The predicted octanol–water partition coefficient (Wildman–Crippen LogP) is 21.1. The van der Waals surface area contributed by atoms with Crippen molar-refractivity contribution < 1.29 is 59.0 Å². The van der Waals surface area contributed by atoms with Crippen LogP contribution in [0.4, 0.5) is 22.0 Å². The van der Waals surface area contributed by atoms with E-state index in [1.165, 1.54) is 81.9 Å². The van der Waals surface area contributed by atoms with E-state index in [0.717, 1.165) is 114 Å². The molecular weight excluding hydrogens is 1640 g/mol. The monoisotopic (exact) mass is 1740 g/mol. The number of methoxy groups -OCH3 is 3. The normalized spacial score (nSPS) is 11.4. The van der Waals surface area contributed by atoms with Crippen LogP contribution < -0.4 is 93.8 Å². The van der Waals surface area contributed by atoms with Crippen molar-refractivity contribution in [2.45, 2.75) is 83.1 Å². The Kier molecular flexibility index (Phi) is 30.2. The molecule has 0 aliphatic carbocycles. The van der Waals surface area contributed by atoms with Crippen LogP contribution in [-0.4, -0.2) is 21.3 Å². The van der Waals surface area contributed by atoms with Gasteiger partial charge in [-0.25, -0.2) is 22.0 Å². The number of hydrogen-bond donors (Lipinski definition) is 0. The molecule has 15 aromatic rings. The molecule has 0 aliphatic heterocycles. The van der Waals surface area contributed by atoms with Crippen LogP contribution in [0.2, 0.25) is 0 Å². The third-order valence-corrected chi connectivity index (χ3v) is 36.9. The van der Waals surface area contributed by atoms with Gasteiger partial charge in [0.2, 0.25) is 5.82 Å². The van der Waals surface area contributed by atoms with E-state index in [4.69, 9.17) is 14.2 Å². The zero-order valence-corrected chi connectivity index (χ0v) is 76.1. The van der Waals surface area contributed by atoms with Crippen LogP contribution in [0, 0.1) is 112 Å². The van der Waals surface area contributed by atoms with Crippen molar-refractivity contribution in [3.05, 3.63) is 429 Å². The van der Waals surface area contributed by atoms with Crippen molar-refractivity contribution in [1.29, 1.82) is 0 Å². The van der Waals surface area contributed by atoms with E-state index in [1.54, 1.807) is 33.5 Å². The Hall–Kier alpha value is -11.5. The van der Waals surface area contributed by atoms with Gasteiger partial charge in [0.05, 0.1) is 26.6 Å². The first-order chi connectivity index (χ1) is 58.7. The largest absolute Gasteiger partial charge is 0.497 e. The number of ether oxygens (including phenoxy) is 3. The highest BCUT2D eigenvalue weighted by molar-refractivity contribution is 7.87. The maximum Gasteiger partial charge on any atom is 0.200 e. The van der Waals surface area contributed by atoms with Gasteiger partial charge in [-0.2, -0.15) is 0 Å². The molecule has 15 rings (SSSR count). The van der Waals surface area contributed by atoms with E-state index >= 15 is 0 Å². The lowest BCUT2D eigenvalue weighted by Gasteiger charge is -2.23. The molecule has 0 heterocycles. The van der Waals surface area contributed by atoms with Gasteiger partial charge < -0.3 is 37.0 Å². The summed E-state index contributed by atoms with van der Waals surface area (Å²) in [6.45, 7) is 25.0. The second-order valence-corrected chi connectivity index (χ2v) is 44.3. The number of hydrogen-bond acceptors (Lipinski definition) is 8. The smallest absolute Gasteiger partial charge is 0.200 e. The summed E-state index contributed by atoms with van der Waals surface area (Å²) in [5, 5.41) is 8.95. The Morgan fingerprint density at radius 2 is 0.358 bits per heavy atom. The molecule has 0 radical (unpaired) electrons. The van der Waals surface area contributed by atoms with Crippen LogP contribution in [0.3, 0.4) is 0 Å². The predicted molar refractivity (Wildman–Crippen MR) is 505 cm³/mol. The van der Waals surface area contributed by atoms with Gasteiger partial charge in [0, 0.05) is 74.3 Å². The van der Waals surface area contributed by atoms with E-state index in [0.29, 0.717) is 0 Å². The highest BCUT2D eigenvalue weighted by Crippen LogP contribution is 2.49. The Bertz CT molecular complexity index is 6000. The zero-order chi connectivity index (χ0) is 88.7. The Morgan fingerprint density at radius 1 is 0.179 bits per heavy atom. The molecule has 15 aromatic carbocycles. The van der Waals surface area contributed by atoms with Gasteiger partial charge in [-0.05, 0) is 244 Å². The molecule has 628 valence electrons. The highest BCUT2D eigenvalue weighted by atomic mass is 31.2. The van der Waals surface area contributed by atoms with Crippen molar-refractivity contribution >= 4 is 115 Å². The summed E-state index contributed by atoms with van der Waals surface area (Å²) in [5.74, 6) is -8.47. The molecule has 8 nitrogen and oxygen atoms in total. The number of aryl methyl sites for hydroxylation is 12. The van der Waals surface area contributed by atoms with Gasteiger partial charge in [-0.1, -0.05) is 240 Å². The summed E-state index contributed by atoms with van der Waals surface area (Å²) in [6, 6.07) is 103. The summed E-state index contributed by atoms with van der Waals surface area (Å²) in [6.07, 6.45) is 0. The number of benzene rings is 15. The molecule has 0 N–H and O–H groups in total. The fraction of sp³-hybridized carbons (Fsp3) is 0.143. The van der Waals surface area contributed by atoms with Crippen molar-refractivity contribution in [3.63, 3.8) is 0 Å². The lowest BCUT2D eigenvalue weighted by atomic mass is 10.1. The zero-order valence-electron chi connectivity index (χ0n) is 71.6. The quantitative estimate of drug-likeness (QED) is 0.0361. The van der Waals surface area contributed by atoms with Gasteiger partial charge >= 0.3 is 0 Å². The lowest BCUT2D eigenvalue weighted by Crippen LogP contribution is -2.31. The van der Waals surface area contributed by atoms with Gasteiger partial charge in [-0.15, -0.1) is 0 Å². The van der Waals surface area contributed by atoms with Crippen LogP contribution in [0.25, 0.3) is 0 Å². The van der Waals surface area contributed by atoms with Crippen LogP contribution in [0.5, 0.6) is 17.2 Å². The van der Waals surface area contributed by atoms with Crippen LogP contribution >= 0.6 is 35.7 Å². The molecule has 0 atom stereocenters. The summed E-state index contributed by atoms with van der Waals surface area (Å²) in [4.78, 5) is 0. The summed E-state index contributed by atoms with van der Waals surface area (Å²) >= 11 is 0. The molecule has 0 unspecified atom stereocenters. The van der Waals surface area contributed by atoms with Crippen molar-refractivity contribution in [1.82, 2.24) is 0 Å². The molecule has 0 saturated carbocycles. The third-order valence-electron chi connectivity index (χ3n) is 21.7. The molecule has 0 fully saturated rings. The fourth-order valence-electron chi connectivity index (χ4n) is 14.8. The van der Waals surface area contributed by atoms with E-state index in [1.807, 2.05) is 182 Å². The van der Waals surface area contributed by atoms with Crippen LogP contribution in [-0.2, 0) is 22.8 Å². The first kappa shape index (κ1) is 92.2. The number of rotatable bonds is 18. The molecule has 0 aromatic heterocycles. The van der Waals surface area contributed by atoms with Crippen molar-refractivity contribution in [3.8, 4) is 17.2 Å². The van der Waals surface area contributed by atoms with E-state index in [9.17, 15) is 44.8 Å². The van der Waals surface area contributed by atoms with E-state index in [-0.39, 0.29) is 10.6 Å². The van der Waals surface area contributed by atoms with Crippen molar-refractivity contribution in [2.24, 2.45) is 0 Å². The lowest BCUT2D eigenvalue weighted by molar-refractivity contribution is 0.384. The van der Waals surface area contributed by atoms with Gasteiger partial charge in [0.25, 0.3) is 0 Å². The van der Waals surface area contributed by atoms with Gasteiger partial charge in [0.15, 0.2) is 59.0 Å². The number of halogens is 5. The molecule has 0 bridgehead atoms. The minimum absolute atomic E-state index is 0.0376. The summed E-state index contributed by atoms with van der Waals surface area (Å²) < 4.78 is 156. The standard InChI is InChI=1S/2C24H27OP.C20H19O3P.C19H17O2P.C18H10F5OP/c1-16-7-17(2)11-22(10-16)26(25,23-12-18(3)8-19(4)13-23)24-14-20(5)9-21(6)15-24;1-16-7-10-22(13-19(16)4)26(25,23-11-8-17(2)20(5)14-23)24-12-9-18(3)21(6)15-24;1-22-16-8-12-19(13-9-16)24(21,18-6-4-3-5-7-18)20-14-10-17(23-2)11-15-20;1-21-16-12-14-19(15-13-16)22(20,17-8-4-2-5-9-17)18-10-6-3-7-11-18;19-13-14(20)16(22)18(17(23)15(13)21)25(24,11-7-3-1-4-8-11)12-9-5-2-6-10-12/h2*7-15H,1-6H3;3-15H,1-2H3;2-15H,1H3;1-10H. The maximum atomic E-state index is 14.7. The average Bonchev–Trinajstić information content (AvgIpc) is 0.739.